The molecule has 0 spiro atoms. The van der Waals surface area contributed by atoms with E-state index >= 15 is 0 Å². The second-order valence-corrected chi connectivity index (χ2v) is 5.07. The minimum absolute atomic E-state index is 0.0382. The largest absolute Gasteiger partial charge is 0.506 e. The highest BCUT2D eigenvalue weighted by Crippen LogP contribution is 2.48. The molecule has 1 atom stereocenters. The van der Waals surface area contributed by atoms with Gasteiger partial charge in [0.2, 0.25) is 0 Å². The predicted octanol–water partition coefficient (Wildman–Crippen LogP) is 3.58. The van der Waals surface area contributed by atoms with Gasteiger partial charge in [0.15, 0.2) is 0 Å². The molecule has 94 valence electrons. The van der Waals surface area contributed by atoms with Crippen LogP contribution >= 0.6 is 15.9 Å². The van der Waals surface area contributed by atoms with Crippen molar-refractivity contribution in [3.05, 3.63) is 27.7 Å². The molecule has 0 radical (unpaired) electrons. The van der Waals surface area contributed by atoms with Crippen molar-refractivity contribution >= 4 is 15.9 Å². The Hall–Kier alpha value is -0.750. The summed E-state index contributed by atoms with van der Waals surface area (Å²) in [5.41, 5.74) is 4.74. The Labute approximate surface area is 105 Å². The molecule has 1 aromatic rings. The molecule has 1 aliphatic rings. The Balaban J connectivity index is 2.55. The Kier molecular flexibility index (Phi) is 3.12. The van der Waals surface area contributed by atoms with Crippen molar-refractivity contribution in [1.82, 2.24) is 0 Å². The minimum Gasteiger partial charge on any atom is -0.506 e. The van der Waals surface area contributed by atoms with Crippen LogP contribution in [0.5, 0.6) is 5.75 Å². The average molecular weight is 310 g/mol. The normalized spacial score (nSPS) is 18.2. The maximum Gasteiger partial charge on any atom is 0.416 e. The number of hydrogen-bond donors (Lipinski definition) is 2. The lowest BCUT2D eigenvalue weighted by Crippen LogP contribution is -2.19. The first kappa shape index (κ1) is 12.7. The molecule has 1 aromatic carbocycles. The van der Waals surface area contributed by atoms with Crippen molar-refractivity contribution in [2.45, 2.75) is 25.1 Å². The summed E-state index contributed by atoms with van der Waals surface area (Å²) >= 11 is 3.01. The van der Waals surface area contributed by atoms with Gasteiger partial charge in [0.25, 0.3) is 0 Å². The zero-order chi connectivity index (χ0) is 12.8. The molecular weight excluding hydrogens is 299 g/mol. The van der Waals surface area contributed by atoms with E-state index in [1.54, 1.807) is 0 Å². The molecule has 0 heterocycles. The van der Waals surface area contributed by atoms with Crippen LogP contribution in [0.25, 0.3) is 0 Å². The summed E-state index contributed by atoms with van der Waals surface area (Å²) in [5.74, 6) is -0.365. The Morgan fingerprint density at radius 2 is 1.94 bits per heavy atom. The van der Waals surface area contributed by atoms with Crippen molar-refractivity contribution in [2.24, 2.45) is 11.7 Å². The molecule has 17 heavy (non-hydrogen) atoms. The van der Waals surface area contributed by atoms with Crippen molar-refractivity contribution in [3.63, 3.8) is 0 Å². The van der Waals surface area contributed by atoms with Crippen molar-refractivity contribution in [3.8, 4) is 5.75 Å². The molecule has 0 saturated heterocycles. The molecule has 0 aromatic heterocycles. The third kappa shape index (κ3) is 2.42. The Morgan fingerprint density at radius 3 is 2.41 bits per heavy atom. The molecule has 1 fully saturated rings. The highest BCUT2D eigenvalue weighted by molar-refractivity contribution is 9.10. The number of alkyl halides is 3. The average Bonchev–Trinajstić information content (AvgIpc) is 3.02. The fourth-order valence-corrected chi connectivity index (χ4v) is 2.20. The second-order valence-electron chi connectivity index (χ2n) is 4.22. The van der Waals surface area contributed by atoms with E-state index in [9.17, 15) is 18.3 Å². The number of hydrogen-bond acceptors (Lipinski definition) is 2. The van der Waals surface area contributed by atoms with E-state index in [4.69, 9.17) is 5.73 Å². The van der Waals surface area contributed by atoms with Gasteiger partial charge in [-0.25, -0.2) is 0 Å². The van der Waals surface area contributed by atoms with Gasteiger partial charge < -0.3 is 10.8 Å². The van der Waals surface area contributed by atoms with Gasteiger partial charge in [-0.05, 0) is 46.8 Å². The zero-order valence-corrected chi connectivity index (χ0v) is 10.3. The molecule has 1 saturated carbocycles. The molecule has 3 N–H and O–H groups in total. The van der Waals surface area contributed by atoms with Gasteiger partial charge in [-0.15, -0.1) is 0 Å². The Bertz CT molecular complexity index is 443. The van der Waals surface area contributed by atoms with Crippen LogP contribution in [-0.4, -0.2) is 5.11 Å². The van der Waals surface area contributed by atoms with Gasteiger partial charge in [-0.3, -0.25) is 0 Å². The van der Waals surface area contributed by atoms with Gasteiger partial charge in [0.05, 0.1) is 10.0 Å². The van der Waals surface area contributed by atoms with Gasteiger partial charge >= 0.3 is 6.18 Å². The summed E-state index contributed by atoms with van der Waals surface area (Å²) in [6.45, 7) is 0. The van der Waals surface area contributed by atoms with Gasteiger partial charge in [0.1, 0.15) is 5.75 Å². The quantitative estimate of drug-likeness (QED) is 0.877. The summed E-state index contributed by atoms with van der Waals surface area (Å²) in [6.07, 6.45) is -2.88. The summed E-state index contributed by atoms with van der Waals surface area (Å²) in [7, 11) is 0. The topological polar surface area (TPSA) is 46.2 Å². The summed E-state index contributed by atoms with van der Waals surface area (Å²) in [5, 5.41) is 9.76. The smallest absolute Gasteiger partial charge is 0.416 e. The molecule has 2 rings (SSSR count). The number of halogens is 4. The maximum atomic E-state index is 12.8. The first-order chi connectivity index (χ1) is 7.82. The van der Waals surface area contributed by atoms with Crippen LogP contribution in [0.3, 0.4) is 0 Å². The molecular formula is C11H11BrF3NO. The number of nitrogens with two attached hydrogens (primary N) is 1. The van der Waals surface area contributed by atoms with Crippen molar-refractivity contribution in [1.29, 1.82) is 0 Å². The number of aromatic hydroxyl groups is 1. The van der Waals surface area contributed by atoms with E-state index in [0.717, 1.165) is 18.9 Å². The lowest BCUT2D eigenvalue weighted by Gasteiger charge is -2.20. The molecule has 0 unspecified atom stereocenters. The van der Waals surface area contributed by atoms with Crippen molar-refractivity contribution in [2.75, 3.05) is 0 Å². The van der Waals surface area contributed by atoms with Crippen LogP contribution in [0.1, 0.15) is 30.0 Å². The van der Waals surface area contributed by atoms with Gasteiger partial charge in [-0.1, -0.05) is 0 Å². The molecule has 2 nitrogen and oxygen atoms in total. The van der Waals surface area contributed by atoms with Gasteiger partial charge in [0, 0.05) is 11.6 Å². The number of rotatable bonds is 2. The molecule has 0 bridgehead atoms. The van der Waals surface area contributed by atoms with E-state index in [1.165, 1.54) is 6.07 Å². The molecule has 1 aliphatic carbocycles. The van der Waals surface area contributed by atoms with Crippen molar-refractivity contribution < 1.29 is 18.3 Å². The minimum atomic E-state index is -4.50. The number of benzene rings is 1. The predicted molar refractivity (Wildman–Crippen MR) is 60.5 cm³/mol. The third-order valence-corrected chi connectivity index (χ3v) is 3.58. The van der Waals surface area contributed by atoms with Crippen LogP contribution in [0.4, 0.5) is 13.2 Å². The third-order valence-electron chi connectivity index (χ3n) is 2.94. The molecule has 0 aliphatic heterocycles. The van der Waals surface area contributed by atoms with E-state index in [2.05, 4.69) is 15.9 Å². The first-order valence-corrected chi connectivity index (χ1v) is 5.96. The molecule has 0 amide bonds. The lowest BCUT2D eigenvalue weighted by molar-refractivity contribution is -0.138. The van der Waals surface area contributed by atoms with E-state index in [-0.39, 0.29) is 16.0 Å². The summed E-state index contributed by atoms with van der Waals surface area (Å²) in [6, 6.07) is 1.37. The zero-order valence-electron chi connectivity index (χ0n) is 8.76. The van der Waals surface area contributed by atoms with E-state index < -0.39 is 23.5 Å². The fraction of sp³-hybridized carbons (Fsp3) is 0.455. The number of phenolic OH excluding ortho intramolecular Hbond substituents is 1. The SMILES string of the molecule is N[C@H](c1c(C(F)(F)F)ccc(Br)c1O)C1CC1. The maximum absolute atomic E-state index is 12.8. The van der Waals surface area contributed by atoms with E-state index in [0.29, 0.717) is 0 Å². The highest BCUT2D eigenvalue weighted by atomic mass is 79.9. The Morgan fingerprint density at radius 1 is 1.35 bits per heavy atom. The van der Waals surface area contributed by atoms with Gasteiger partial charge in [-0.2, -0.15) is 13.2 Å². The fourth-order valence-electron chi connectivity index (χ4n) is 1.86. The van der Waals surface area contributed by atoms with Crippen LogP contribution < -0.4 is 5.73 Å². The van der Waals surface area contributed by atoms with Crippen LogP contribution in [-0.2, 0) is 6.18 Å². The summed E-state index contributed by atoms with van der Waals surface area (Å²) < 4.78 is 38.7. The van der Waals surface area contributed by atoms with Crippen LogP contribution in [0.15, 0.2) is 16.6 Å². The van der Waals surface area contributed by atoms with Crippen LogP contribution in [0.2, 0.25) is 0 Å². The number of phenols is 1. The standard InChI is InChI=1S/C11H11BrF3NO/c12-7-4-3-6(11(13,14)15)8(10(7)17)9(16)5-1-2-5/h3-5,9,17H,1-2,16H2/t9-/m0/s1. The lowest BCUT2D eigenvalue weighted by atomic mass is 9.96. The monoisotopic (exact) mass is 309 g/mol. The van der Waals surface area contributed by atoms with E-state index in [1.807, 2.05) is 0 Å². The van der Waals surface area contributed by atoms with Crippen LogP contribution in [0, 0.1) is 5.92 Å². The molecule has 6 heteroatoms. The second kappa shape index (κ2) is 4.17. The highest BCUT2D eigenvalue weighted by Gasteiger charge is 2.40. The first-order valence-electron chi connectivity index (χ1n) is 5.16. The summed E-state index contributed by atoms with van der Waals surface area (Å²) in [4.78, 5) is 0.